The fourth-order valence-electron chi connectivity index (χ4n) is 2.26. The van der Waals surface area contributed by atoms with Crippen LogP contribution >= 0.6 is 0 Å². The quantitative estimate of drug-likeness (QED) is 0.836. The van der Waals surface area contributed by atoms with Crippen LogP contribution in [0, 0.1) is 6.92 Å². The molecule has 1 aliphatic heterocycles. The van der Waals surface area contributed by atoms with Gasteiger partial charge in [0.05, 0.1) is 11.2 Å². The van der Waals surface area contributed by atoms with Gasteiger partial charge in [-0.15, -0.1) is 0 Å². The highest BCUT2D eigenvalue weighted by molar-refractivity contribution is 6.63. The number of nitrogens with zero attached hydrogens (tertiary/aromatic N) is 1. The second-order valence-electron chi connectivity index (χ2n) is 6.15. The minimum absolute atomic E-state index is 0.315. The van der Waals surface area contributed by atoms with Crippen LogP contribution in [0.15, 0.2) is 12.4 Å². The van der Waals surface area contributed by atoms with Gasteiger partial charge in [-0.05, 0) is 58.3 Å². The third kappa shape index (κ3) is 2.55. The zero-order chi connectivity index (χ0) is 14.3. The highest BCUT2D eigenvalue weighted by atomic mass is 16.7. The molecule has 1 saturated heterocycles. The molecule has 19 heavy (non-hydrogen) atoms. The monoisotopic (exact) mass is 262 g/mol. The maximum absolute atomic E-state index is 6.14. The first-order valence-corrected chi connectivity index (χ1v) is 6.72. The lowest BCUT2D eigenvalue weighted by Crippen LogP contribution is -2.41. The molecule has 5 heteroatoms. The Morgan fingerprint density at radius 2 is 1.74 bits per heavy atom. The van der Waals surface area contributed by atoms with Crippen molar-refractivity contribution in [3.8, 4) is 0 Å². The molecule has 0 unspecified atom stereocenters. The summed E-state index contributed by atoms with van der Waals surface area (Å²) in [6.45, 7) is 11.1. The minimum atomic E-state index is -0.323. The summed E-state index contributed by atoms with van der Waals surface area (Å²) in [6, 6.07) is 0. The van der Waals surface area contributed by atoms with Crippen LogP contribution in [-0.2, 0) is 15.9 Å². The minimum Gasteiger partial charge on any atom is -0.399 e. The van der Waals surface area contributed by atoms with Gasteiger partial charge in [0, 0.05) is 18.9 Å². The van der Waals surface area contributed by atoms with Crippen LogP contribution in [0.1, 0.15) is 38.8 Å². The van der Waals surface area contributed by atoms with Gasteiger partial charge >= 0.3 is 7.12 Å². The molecule has 2 heterocycles. The summed E-state index contributed by atoms with van der Waals surface area (Å²) in [5, 5.41) is 3.17. The Bertz CT molecular complexity index is 459. The van der Waals surface area contributed by atoms with Gasteiger partial charge in [-0.1, -0.05) is 0 Å². The van der Waals surface area contributed by atoms with E-state index in [2.05, 4.69) is 38.0 Å². The fourth-order valence-corrected chi connectivity index (χ4v) is 2.26. The van der Waals surface area contributed by atoms with Crippen LogP contribution in [0.4, 0.5) is 0 Å². The van der Waals surface area contributed by atoms with Crippen molar-refractivity contribution in [2.45, 2.75) is 52.4 Å². The van der Waals surface area contributed by atoms with E-state index in [4.69, 9.17) is 9.31 Å². The number of nitrogens with one attached hydrogen (secondary N) is 1. The van der Waals surface area contributed by atoms with Crippen LogP contribution in [0.3, 0.4) is 0 Å². The first kappa shape index (κ1) is 14.5. The summed E-state index contributed by atoms with van der Waals surface area (Å²) in [6.07, 6.45) is 3.74. The maximum atomic E-state index is 6.14. The SMILES string of the molecule is CNCc1cncc(C)c1B1OC(C)(C)C(C)(C)O1. The molecule has 2 rings (SSSR count). The standard InChI is InChI=1S/C14H23BN2O2/c1-10-7-17-9-11(8-16-6)12(10)15-18-13(2,3)14(4,5)19-15/h7,9,16H,8H2,1-6H3. The lowest BCUT2D eigenvalue weighted by molar-refractivity contribution is 0.00578. The Kier molecular flexibility index (Phi) is 3.73. The Labute approximate surface area is 116 Å². The van der Waals surface area contributed by atoms with Gasteiger partial charge in [-0.3, -0.25) is 4.98 Å². The fraction of sp³-hybridized carbons (Fsp3) is 0.643. The molecule has 1 aromatic rings. The van der Waals surface area contributed by atoms with E-state index in [0.29, 0.717) is 0 Å². The zero-order valence-electron chi connectivity index (χ0n) is 12.7. The smallest absolute Gasteiger partial charge is 0.399 e. The molecule has 1 aromatic heterocycles. The molecule has 0 aliphatic carbocycles. The third-order valence-electron chi connectivity index (χ3n) is 4.13. The summed E-state index contributed by atoms with van der Waals surface area (Å²) in [5.74, 6) is 0. The Morgan fingerprint density at radius 1 is 1.16 bits per heavy atom. The van der Waals surface area contributed by atoms with Crippen LogP contribution in [0.2, 0.25) is 0 Å². The Hall–Kier alpha value is -0.905. The van der Waals surface area contributed by atoms with Gasteiger partial charge in [0.25, 0.3) is 0 Å². The van der Waals surface area contributed by atoms with Gasteiger partial charge in [0.1, 0.15) is 0 Å². The molecule has 1 aliphatic rings. The van der Waals surface area contributed by atoms with Gasteiger partial charge in [-0.2, -0.15) is 0 Å². The third-order valence-corrected chi connectivity index (χ3v) is 4.13. The second kappa shape index (κ2) is 4.89. The number of hydrogen-bond acceptors (Lipinski definition) is 4. The van der Waals surface area contributed by atoms with Crippen LogP contribution < -0.4 is 10.8 Å². The normalized spacial score (nSPS) is 20.8. The highest BCUT2D eigenvalue weighted by Gasteiger charge is 2.52. The average Bonchev–Trinajstić information content (AvgIpc) is 2.48. The van der Waals surface area contributed by atoms with Crippen molar-refractivity contribution >= 4 is 12.6 Å². The summed E-state index contributed by atoms with van der Waals surface area (Å²) >= 11 is 0. The number of aryl methyl sites for hydroxylation is 1. The van der Waals surface area contributed by atoms with E-state index < -0.39 is 0 Å². The lowest BCUT2D eigenvalue weighted by Gasteiger charge is -2.32. The van der Waals surface area contributed by atoms with Crippen molar-refractivity contribution in [1.29, 1.82) is 0 Å². The molecule has 1 N–H and O–H groups in total. The van der Waals surface area contributed by atoms with Gasteiger partial charge in [-0.25, -0.2) is 0 Å². The van der Waals surface area contributed by atoms with Crippen LogP contribution in [-0.4, -0.2) is 30.4 Å². The molecule has 104 valence electrons. The first-order valence-electron chi connectivity index (χ1n) is 6.72. The van der Waals surface area contributed by atoms with Crippen LogP contribution in [0.25, 0.3) is 0 Å². The number of rotatable bonds is 3. The van der Waals surface area contributed by atoms with E-state index in [1.807, 2.05) is 26.4 Å². The predicted molar refractivity (Wildman–Crippen MR) is 77.5 cm³/mol. The molecule has 0 amide bonds. The molecule has 0 aromatic carbocycles. The maximum Gasteiger partial charge on any atom is 0.495 e. The highest BCUT2D eigenvalue weighted by Crippen LogP contribution is 2.36. The van der Waals surface area contributed by atoms with E-state index >= 15 is 0 Å². The second-order valence-corrected chi connectivity index (χ2v) is 6.15. The lowest BCUT2D eigenvalue weighted by atomic mass is 9.74. The van der Waals surface area contributed by atoms with Crippen molar-refractivity contribution in [1.82, 2.24) is 10.3 Å². The molecule has 0 atom stereocenters. The molecular weight excluding hydrogens is 239 g/mol. The Morgan fingerprint density at radius 3 is 2.26 bits per heavy atom. The van der Waals surface area contributed by atoms with E-state index in [9.17, 15) is 0 Å². The largest absolute Gasteiger partial charge is 0.495 e. The van der Waals surface area contributed by atoms with Gasteiger partial charge < -0.3 is 14.6 Å². The zero-order valence-corrected chi connectivity index (χ0v) is 12.7. The summed E-state index contributed by atoms with van der Waals surface area (Å²) in [5.41, 5.74) is 2.70. The predicted octanol–water partition coefficient (Wildman–Crippen LogP) is 1.41. The summed E-state index contributed by atoms with van der Waals surface area (Å²) < 4.78 is 12.3. The number of aromatic nitrogens is 1. The van der Waals surface area contributed by atoms with Crippen molar-refractivity contribution in [2.75, 3.05) is 7.05 Å². The number of hydrogen-bond donors (Lipinski definition) is 1. The van der Waals surface area contributed by atoms with E-state index in [-0.39, 0.29) is 18.3 Å². The van der Waals surface area contributed by atoms with Crippen molar-refractivity contribution in [3.05, 3.63) is 23.5 Å². The summed E-state index contributed by atoms with van der Waals surface area (Å²) in [4.78, 5) is 4.26. The molecule has 0 spiro atoms. The van der Waals surface area contributed by atoms with Gasteiger partial charge in [0.15, 0.2) is 0 Å². The molecule has 0 radical (unpaired) electrons. The van der Waals surface area contributed by atoms with Crippen molar-refractivity contribution in [2.24, 2.45) is 0 Å². The average molecular weight is 262 g/mol. The summed E-state index contributed by atoms with van der Waals surface area (Å²) in [7, 11) is 1.60. The molecule has 0 bridgehead atoms. The molecular formula is C14H23BN2O2. The molecule has 1 fully saturated rings. The van der Waals surface area contributed by atoms with E-state index in [1.54, 1.807) is 0 Å². The topological polar surface area (TPSA) is 43.4 Å². The van der Waals surface area contributed by atoms with E-state index in [0.717, 1.165) is 23.1 Å². The van der Waals surface area contributed by atoms with Crippen LogP contribution in [0.5, 0.6) is 0 Å². The van der Waals surface area contributed by atoms with Crippen molar-refractivity contribution < 1.29 is 9.31 Å². The van der Waals surface area contributed by atoms with Crippen molar-refractivity contribution in [3.63, 3.8) is 0 Å². The number of pyridine rings is 1. The molecule has 0 saturated carbocycles. The van der Waals surface area contributed by atoms with Gasteiger partial charge in [0.2, 0.25) is 0 Å². The Balaban J connectivity index is 2.39. The van der Waals surface area contributed by atoms with E-state index in [1.165, 1.54) is 0 Å². The first-order chi connectivity index (χ1) is 8.78. The molecule has 4 nitrogen and oxygen atoms in total.